The molecule has 0 aliphatic rings. The van der Waals surface area contributed by atoms with E-state index in [0.717, 1.165) is 9.54 Å². The Kier molecular flexibility index (Phi) is 7.44. The van der Waals surface area contributed by atoms with Crippen molar-refractivity contribution in [2.75, 3.05) is 5.32 Å². The first-order valence-electron chi connectivity index (χ1n) is 12.9. The van der Waals surface area contributed by atoms with Crippen molar-refractivity contribution in [2.45, 2.75) is 25.7 Å². The third-order valence-electron chi connectivity index (χ3n) is 6.47. The number of benzene rings is 3. The number of rotatable bonds is 7. The second-order valence-corrected chi connectivity index (χ2v) is 11.5. The summed E-state index contributed by atoms with van der Waals surface area (Å²) in [7, 11) is -2.56. The van der Waals surface area contributed by atoms with Crippen molar-refractivity contribution >= 4 is 38.5 Å². The molecule has 0 aliphatic heterocycles. The second kappa shape index (κ2) is 11.0. The molecule has 0 saturated heterocycles. The van der Waals surface area contributed by atoms with Gasteiger partial charge in [0.2, 0.25) is 5.91 Å². The molecular weight excluding hydrogens is 558 g/mol. The summed E-state index contributed by atoms with van der Waals surface area (Å²) in [6.45, 7) is 4.54. The molecular formula is C31H27N3O7S. The van der Waals surface area contributed by atoms with Gasteiger partial charge in [0, 0.05) is 55.5 Å². The molecule has 0 fully saturated rings. The third-order valence-corrected chi connectivity index (χ3v) is 8.16. The molecule has 5 aromatic rings. The van der Waals surface area contributed by atoms with Gasteiger partial charge in [-0.15, -0.1) is 0 Å². The van der Waals surface area contributed by atoms with Gasteiger partial charge in [-0.3, -0.25) is 14.4 Å². The Morgan fingerprint density at radius 2 is 1.52 bits per heavy atom. The molecule has 11 heteroatoms. The number of fused-ring (bicyclic) bond motifs is 1. The summed E-state index contributed by atoms with van der Waals surface area (Å²) in [6, 6.07) is 19.4. The number of ether oxygens (including phenoxy) is 2. The van der Waals surface area contributed by atoms with Crippen molar-refractivity contribution in [1.29, 1.82) is 0 Å². The van der Waals surface area contributed by atoms with Crippen LogP contribution in [0.5, 0.6) is 17.2 Å². The molecule has 1 amide bonds. The number of aromatic nitrogens is 2. The maximum atomic E-state index is 13.6. The average molecular weight is 586 g/mol. The van der Waals surface area contributed by atoms with Crippen LogP contribution in [0.1, 0.15) is 19.4 Å². The number of carbonyl (C=O) groups is 2. The van der Waals surface area contributed by atoms with Crippen LogP contribution in [0.25, 0.3) is 22.0 Å². The minimum absolute atomic E-state index is 0.0304. The van der Waals surface area contributed by atoms with Crippen LogP contribution in [0.15, 0.2) is 94.9 Å². The van der Waals surface area contributed by atoms with Gasteiger partial charge in [0.05, 0.1) is 4.90 Å². The first-order valence-corrected chi connectivity index (χ1v) is 14.3. The highest BCUT2D eigenvalue weighted by Crippen LogP contribution is 2.39. The van der Waals surface area contributed by atoms with Crippen LogP contribution in [0, 0.1) is 6.92 Å². The quantitative estimate of drug-likeness (QED) is 0.205. The molecule has 0 saturated carbocycles. The Morgan fingerprint density at radius 1 is 0.857 bits per heavy atom. The fraction of sp³-hybridized carbons (Fsp3) is 0.129. The van der Waals surface area contributed by atoms with E-state index in [1.165, 1.54) is 43.8 Å². The summed E-state index contributed by atoms with van der Waals surface area (Å²) in [5, 5.41) is 3.13. The fourth-order valence-corrected chi connectivity index (χ4v) is 5.89. The smallest absolute Gasteiger partial charge is 0.308 e. The Hall–Kier alpha value is -5.16. The third kappa shape index (κ3) is 5.54. The lowest BCUT2D eigenvalue weighted by Crippen LogP contribution is -2.22. The van der Waals surface area contributed by atoms with Gasteiger partial charge in [-0.1, -0.05) is 17.7 Å². The van der Waals surface area contributed by atoms with E-state index in [1.54, 1.807) is 66.9 Å². The predicted molar refractivity (Wildman–Crippen MR) is 159 cm³/mol. The maximum absolute atomic E-state index is 13.6. The highest BCUT2D eigenvalue weighted by atomic mass is 32.2. The molecule has 42 heavy (non-hydrogen) atoms. The lowest BCUT2D eigenvalue weighted by Gasteiger charge is -2.16. The van der Waals surface area contributed by atoms with Crippen LogP contribution < -0.4 is 20.3 Å². The minimum Gasteiger partial charge on any atom is -0.457 e. The molecule has 0 unspecified atom stereocenters. The second-order valence-electron chi connectivity index (χ2n) is 9.71. The first-order chi connectivity index (χ1) is 19.9. The molecule has 2 heterocycles. The minimum atomic E-state index is -4.09. The number of aryl methyl sites for hydroxylation is 2. The molecule has 2 aromatic heterocycles. The van der Waals surface area contributed by atoms with Crippen LogP contribution in [-0.2, 0) is 26.7 Å². The number of nitrogens with one attached hydrogen (secondary N) is 1. The van der Waals surface area contributed by atoms with E-state index in [0.29, 0.717) is 39.4 Å². The van der Waals surface area contributed by atoms with Gasteiger partial charge < -0.3 is 19.4 Å². The molecule has 10 nitrogen and oxygen atoms in total. The summed E-state index contributed by atoms with van der Waals surface area (Å²) in [5.41, 5.74) is 1.84. The zero-order chi connectivity index (χ0) is 30.2. The highest BCUT2D eigenvalue weighted by molar-refractivity contribution is 7.90. The summed E-state index contributed by atoms with van der Waals surface area (Å²) < 4.78 is 40.8. The van der Waals surface area contributed by atoms with E-state index < -0.39 is 21.6 Å². The summed E-state index contributed by atoms with van der Waals surface area (Å²) >= 11 is 0. The highest BCUT2D eigenvalue weighted by Gasteiger charge is 2.24. The van der Waals surface area contributed by atoms with Gasteiger partial charge in [0.15, 0.2) is 0 Å². The van der Waals surface area contributed by atoms with Gasteiger partial charge in [0.1, 0.15) is 22.8 Å². The maximum Gasteiger partial charge on any atom is 0.308 e. The number of hydrogen-bond donors (Lipinski definition) is 1. The molecule has 1 N–H and O–H groups in total. The van der Waals surface area contributed by atoms with E-state index in [2.05, 4.69) is 5.32 Å². The van der Waals surface area contributed by atoms with Crippen LogP contribution >= 0.6 is 0 Å². The molecule has 0 radical (unpaired) electrons. The number of anilines is 1. The monoisotopic (exact) mass is 585 g/mol. The summed E-state index contributed by atoms with van der Waals surface area (Å²) in [5.74, 6) is 0.427. The van der Waals surface area contributed by atoms with Crippen molar-refractivity contribution in [3.63, 3.8) is 0 Å². The van der Waals surface area contributed by atoms with Gasteiger partial charge in [-0.2, -0.15) is 0 Å². The van der Waals surface area contributed by atoms with Gasteiger partial charge in [-0.05, 0) is 67.6 Å². The zero-order valence-electron chi connectivity index (χ0n) is 23.2. The van der Waals surface area contributed by atoms with E-state index >= 15 is 0 Å². The molecule has 214 valence electrons. The largest absolute Gasteiger partial charge is 0.457 e. The Balaban J connectivity index is 1.68. The van der Waals surface area contributed by atoms with E-state index in [1.807, 2.05) is 6.92 Å². The van der Waals surface area contributed by atoms with Gasteiger partial charge >= 0.3 is 5.97 Å². The molecule has 5 rings (SSSR count). The fourth-order valence-electron chi connectivity index (χ4n) is 4.55. The standard InChI is InChI=1S/C31H27N3O7S/c1-19-5-12-25(13-6-19)42(38,39)34-16-15-26-28(18-33(4)31(37)30(26)34)27-17-22(32-20(2)35)7-14-29(27)41-24-10-8-23(9-11-24)40-21(3)36/h5-18H,1-4H3,(H,32,35). The topological polar surface area (TPSA) is 126 Å². The van der Waals surface area contributed by atoms with E-state index in [-0.39, 0.29) is 16.3 Å². The number of carbonyl (C=O) groups excluding carboxylic acids is 2. The number of esters is 1. The molecule has 3 aromatic carbocycles. The van der Waals surface area contributed by atoms with Gasteiger partial charge in [-0.25, -0.2) is 12.4 Å². The van der Waals surface area contributed by atoms with E-state index in [4.69, 9.17) is 9.47 Å². The molecule has 0 spiro atoms. The van der Waals surface area contributed by atoms with Crippen molar-refractivity contribution in [1.82, 2.24) is 8.54 Å². The zero-order valence-corrected chi connectivity index (χ0v) is 24.1. The van der Waals surface area contributed by atoms with Crippen LogP contribution in [0.4, 0.5) is 5.69 Å². The number of pyridine rings is 1. The number of amides is 1. The van der Waals surface area contributed by atoms with Crippen molar-refractivity contribution < 1.29 is 27.5 Å². The molecule has 0 bridgehead atoms. The lowest BCUT2D eigenvalue weighted by molar-refractivity contribution is -0.131. The van der Waals surface area contributed by atoms with Crippen LogP contribution in [-0.4, -0.2) is 28.8 Å². The first kappa shape index (κ1) is 28.4. The van der Waals surface area contributed by atoms with Crippen LogP contribution in [0.2, 0.25) is 0 Å². The number of nitrogens with zero attached hydrogens (tertiary/aromatic N) is 2. The Labute approximate surface area is 241 Å². The Bertz CT molecular complexity index is 2010. The van der Waals surface area contributed by atoms with Crippen molar-refractivity contribution in [2.24, 2.45) is 7.05 Å². The van der Waals surface area contributed by atoms with E-state index in [9.17, 15) is 22.8 Å². The normalized spacial score (nSPS) is 11.3. The number of hydrogen-bond acceptors (Lipinski definition) is 7. The Morgan fingerprint density at radius 3 is 2.17 bits per heavy atom. The van der Waals surface area contributed by atoms with Crippen LogP contribution in [0.3, 0.4) is 0 Å². The molecule has 0 atom stereocenters. The van der Waals surface area contributed by atoms with Crippen molar-refractivity contribution in [3.8, 4) is 28.4 Å². The SMILES string of the molecule is CC(=O)Nc1ccc(Oc2ccc(OC(C)=O)cc2)c(-c2cn(C)c(=O)c3c2ccn3S(=O)(=O)c2ccc(C)cc2)c1. The molecule has 0 aliphatic carbocycles. The predicted octanol–water partition coefficient (Wildman–Crippen LogP) is 5.23. The summed E-state index contributed by atoms with van der Waals surface area (Å²) in [4.78, 5) is 36.5. The lowest BCUT2D eigenvalue weighted by atomic mass is 10.0. The van der Waals surface area contributed by atoms with Gasteiger partial charge in [0.25, 0.3) is 15.6 Å². The average Bonchev–Trinajstić information content (AvgIpc) is 3.39. The summed E-state index contributed by atoms with van der Waals surface area (Å²) in [6.07, 6.45) is 2.95. The van der Waals surface area contributed by atoms with Crippen molar-refractivity contribution in [3.05, 3.63) is 101 Å².